The maximum atomic E-state index is 9.83. The Hall–Kier alpha value is -4.27. The van der Waals surface area contributed by atoms with Crippen molar-refractivity contribution in [1.82, 2.24) is 44.3 Å². The number of carbonyl (C=O) groups is 1. The molecule has 6 rings (SSSR count). The standard InChI is InChI=1S/C10H18N2.2C9H16N2.C9H16NS.C8H18O.C7H12N2.C7H11NS.C5H10O/c1-7-9(10(3,4)5)8(2)12(6)11-7;1-7-10-6-8(11(7)5)9(2,3)4;1-7-8(9(2,3)4)6-10-11(7)5;1-7-10(5)8(6-11-7)9(2,3)4;1-6-9-7(2)8(3,4)5;1-7(2,3)6-4-5-8-9-6;1-7(2,3)6-4-8-5-9-6;1-5(2,3)4-6/h1-6H3;3*6H,1-5H3;7H,6H2,1-5H3;4-5H,1-3H3,(H,8,9);4-5H,1-3H3;4H,1-3H3/q;;;+1;;;;. The Bertz CT molecular complexity index is 2390. The lowest BCUT2D eigenvalue weighted by atomic mass is 9.85. The summed E-state index contributed by atoms with van der Waals surface area (Å²) in [5.74, 6) is 1.08. The molecule has 0 saturated carbocycles. The average molecular weight is 1120 g/mol. The number of aromatic nitrogens is 10. The molecule has 0 aliphatic carbocycles. The van der Waals surface area contributed by atoms with Gasteiger partial charge in [-0.3, -0.25) is 19.4 Å². The van der Waals surface area contributed by atoms with Gasteiger partial charge in [-0.2, -0.15) is 19.9 Å². The first-order valence-electron chi connectivity index (χ1n) is 27.8. The molecule has 0 aromatic carbocycles. The van der Waals surface area contributed by atoms with E-state index in [2.05, 4.69) is 239 Å². The van der Waals surface area contributed by atoms with Crippen molar-refractivity contribution in [3.63, 3.8) is 0 Å². The van der Waals surface area contributed by atoms with Crippen LogP contribution in [-0.4, -0.2) is 63.3 Å². The molecule has 1 unspecified atom stereocenters. The van der Waals surface area contributed by atoms with Crippen molar-refractivity contribution in [2.75, 3.05) is 6.61 Å². The van der Waals surface area contributed by atoms with Crippen molar-refractivity contribution in [3.8, 4) is 0 Å². The van der Waals surface area contributed by atoms with Gasteiger partial charge in [0, 0.05) is 108 Å². The van der Waals surface area contributed by atoms with Gasteiger partial charge in [0.1, 0.15) is 19.2 Å². The van der Waals surface area contributed by atoms with Crippen LogP contribution >= 0.6 is 22.7 Å². The maximum absolute atomic E-state index is 9.83. The van der Waals surface area contributed by atoms with Crippen LogP contribution in [0.4, 0.5) is 0 Å². The summed E-state index contributed by atoms with van der Waals surface area (Å²) >= 11 is 3.54. The fourth-order valence-electron chi connectivity index (χ4n) is 7.20. The second-order valence-corrected chi connectivity index (χ2v) is 30.6. The molecule has 6 aromatic heterocycles. The predicted molar refractivity (Wildman–Crippen MR) is 338 cm³/mol. The molecule has 6 heterocycles. The molecule has 446 valence electrons. The molecule has 0 bridgehead atoms. The normalized spacial score (nSPS) is 12.4. The van der Waals surface area contributed by atoms with Gasteiger partial charge in [-0.05, 0) is 74.8 Å². The first-order valence-corrected chi connectivity index (χ1v) is 29.5. The minimum atomic E-state index is -0.139. The third-order valence-corrected chi connectivity index (χ3v) is 14.9. The third-order valence-electron chi connectivity index (χ3n) is 12.7. The summed E-state index contributed by atoms with van der Waals surface area (Å²) in [6.07, 6.45) is 8.92. The van der Waals surface area contributed by atoms with Crippen LogP contribution in [0, 0.1) is 45.4 Å². The Kier molecular flexibility index (Phi) is 30.2. The van der Waals surface area contributed by atoms with Gasteiger partial charge in [0.25, 0.3) is 0 Å². The zero-order valence-electron chi connectivity index (χ0n) is 56.6. The van der Waals surface area contributed by atoms with Crippen molar-refractivity contribution in [3.05, 3.63) is 103 Å². The number of nitrogens with zero attached hydrogens (tertiary/aromatic N) is 9. The molecule has 12 nitrogen and oxygen atoms in total. The van der Waals surface area contributed by atoms with Crippen LogP contribution in [0.3, 0.4) is 0 Å². The zero-order chi connectivity index (χ0) is 62.0. The molecule has 14 heteroatoms. The number of aryl methyl sites for hydroxylation is 5. The number of thiazole rings is 2. The number of aromatic amines is 1. The zero-order valence-corrected chi connectivity index (χ0v) is 58.2. The first kappa shape index (κ1) is 75.8. The molecule has 0 radical (unpaired) electrons. The minimum absolute atomic E-state index is 0.139. The smallest absolute Gasteiger partial charge is 0.234 e. The summed E-state index contributed by atoms with van der Waals surface area (Å²) in [7, 11) is 8.16. The second kappa shape index (κ2) is 31.1. The van der Waals surface area contributed by atoms with E-state index in [0.717, 1.165) is 24.4 Å². The first-order chi connectivity index (χ1) is 34.9. The maximum Gasteiger partial charge on any atom is 0.234 e. The SMILES string of the molecule is CC(C)(C)C=O.CC(C)(C)c1ccn[nH]1.CC(C)(C)c1cncs1.CCOC(C)C(C)(C)C.Cc1c(C(C)(C)C)cnn1C.Cc1ncc(C(C)(C)C)n1C.Cc1nn(C)c(C)c1C(C)(C)C.Cc1scc(C(C)(C)C)[n+]1C. The van der Waals surface area contributed by atoms with E-state index >= 15 is 0 Å². The van der Waals surface area contributed by atoms with E-state index in [9.17, 15) is 4.79 Å². The molecule has 0 fully saturated rings. The lowest BCUT2D eigenvalue weighted by molar-refractivity contribution is -0.683. The van der Waals surface area contributed by atoms with Gasteiger partial charge in [-0.25, -0.2) is 4.98 Å². The van der Waals surface area contributed by atoms with Crippen LogP contribution in [-0.2, 0) is 70.2 Å². The Labute approximate surface area is 486 Å². The van der Waals surface area contributed by atoms with Crippen LogP contribution in [0.1, 0.15) is 241 Å². The molecule has 0 saturated heterocycles. The van der Waals surface area contributed by atoms with Crippen molar-refractivity contribution < 1.29 is 14.1 Å². The van der Waals surface area contributed by atoms with E-state index in [-0.39, 0.29) is 43.3 Å². The number of nitrogens with one attached hydrogen (secondary N) is 1. The number of hydrogen-bond donors (Lipinski definition) is 1. The highest BCUT2D eigenvalue weighted by Crippen LogP contribution is 2.29. The van der Waals surface area contributed by atoms with Crippen LogP contribution in [0.5, 0.6) is 0 Å². The van der Waals surface area contributed by atoms with Gasteiger partial charge >= 0.3 is 0 Å². The number of H-pyrrole nitrogens is 1. The number of hydrogen-bond acceptors (Lipinski definition) is 9. The summed E-state index contributed by atoms with van der Waals surface area (Å²) in [4.78, 5) is 19.4. The lowest BCUT2D eigenvalue weighted by Crippen LogP contribution is -2.38. The van der Waals surface area contributed by atoms with Crippen molar-refractivity contribution in [1.29, 1.82) is 0 Å². The fourth-order valence-corrected chi connectivity index (χ4v) is 8.96. The number of rotatable bonds is 2. The summed E-state index contributed by atoms with van der Waals surface area (Å²) in [5.41, 5.74) is 13.7. The van der Waals surface area contributed by atoms with Crippen LogP contribution in [0.2, 0.25) is 0 Å². The highest BCUT2D eigenvalue weighted by atomic mass is 32.1. The van der Waals surface area contributed by atoms with Gasteiger partial charge in [-0.1, -0.05) is 178 Å². The van der Waals surface area contributed by atoms with E-state index in [4.69, 9.17) is 4.74 Å². The summed E-state index contributed by atoms with van der Waals surface area (Å²) < 4.78 is 13.7. The third kappa shape index (κ3) is 28.2. The van der Waals surface area contributed by atoms with Gasteiger partial charge in [0.2, 0.25) is 5.01 Å². The molecular weight excluding hydrogens is 1000 g/mol. The highest BCUT2D eigenvalue weighted by Gasteiger charge is 2.26. The monoisotopic (exact) mass is 1120 g/mol. The van der Waals surface area contributed by atoms with E-state index in [0.29, 0.717) is 6.10 Å². The van der Waals surface area contributed by atoms with E-state index < -0.39 is 0 Å². The minimum Gasteiger partial charge on any atom is -0.378 e. The van der Waals surface area contributed by atoms with Crippen LogP contribution < -0.4 is 4.57 Å². The van der Waals surface area contributed by atoms with Crippen LogP contribution in [0.15, 0.2) is 41.7 Å². The van der Waals surface area contributed by atoms with E-state index in [1.165, 1.54) is 49.5 Å². The summed E-state index contributed by atoms with van der Waals surface area (Å²) in [6.45, 7) is 67.3. The molecule has 78 heavy (non-hydrogen) atoms. The lowest BCUT2D eigenvalue weighted by Gasteiger charge is -2.26. The summed E-state index contributed by atoms with van der Waals surface area (Å²) in [6, 6.07) is 2.00. The molecule has 6 aromatic rings. The fraction of sp³-hybridized carbons (Fsp3) is 0.703. The molecule has 0 aliphatic rings. The Balaban J connectivity index is 0. The molecule has 1 atom stereocenters. The number of aldehydes is 1. The molecule has 0 aliphatic heterocycles. The highest BCUT2D eigenvalue weighted by molar-refractivity contribution is 7.09. The van der Waals surface area contributed by atoms with Crippen molar-refractivity contribution >= 4 is 29.0 Å². The number of ether oxygens (including phenoxy) is 1. The predicted octanol–water partition coefficient (Wildman–Crippen LogP) is 16.4. The molecular formula is C64H117N10O2S2+. The van der Waals surface area contributed by atoms with Crippen molar-refractivity contribution in [2.24, 2.45) is 39.0 Å². The van der Waals surface area contributed by atoms with Gasteiger partial charge in [-0.15, -0.1) is 11.3 Å². The molecule has 1 N–H and O–H groups in total. The Morgan fingerprint density at radius 1 is 0.679 bits per heavy atom. The molecule has 0 amide bonds. The molecule has 0 spiro atoms. The average Bonchev–Trinajstić information content (AvgIpc) is 4.13. The van der Waals surface area contributed by atoms with Gasteiger partial charge in [0.15, 0.2) is 5.69 Å². The number of imidazole rings is 1. The topological polar surface area (TPSA) is 125 Å². The van der Waals surface area contributed by atoms with E-state index in [1.807, 2.05) is 99.6 Å². The van der Waals surface area contributed by atoms with Gasteiger partial charge < -0.3 is 14.1 Å². The Morgan fingerprint density at radius 3 is 1.37 bits per heavy atom. The van der Waals surface area contributed by atoms with Crippen LogP contribution in [0.25, 0.3) is 0 Å². The van der Waals surface area contributed by atoms with Crippen molar-refractivity contribution in [2.45, 2.75) is 253 Å². The quantitative estimate of drug-likeness (QED) is 0.135. The second-order valence-electron chi connectivity index (χ2n) is 28.7. The van der Waals surface area contributed by atoms with Gasteiger partial charge in [0.05, 0.1) is 28.9 Å². The summed E-state index contributed by atoms with van der Waals surface area (Å²) in [5, 5.41) is 19.0. The number of carbonyl (C=O) groups excluding carboxylic acids is 1. The largest absolute Gasteiger partial charge is 0.378 e. The van der Waals surface area contributed by atoms with E-state index in [1.54, 1.807) is 17.5 Å². The Morgan fingerprint density at radius 2 is 1.21 bits per heavy atom.